The van der Waals surface area contributed by atoms with Crippen molar-refractivity contribution in [2.45, 2.75) is 0 Å². The van der Waals surface area contributed by atoms with E-state index in [1.165, 1.54) is 7.11 Å². The van der Waals surface area contributed by atoms with Gasteiger partial charge in [0.15, 0.2) is 0 Å². The summed E-state index contributed by atoms with van der Waals surface area (Å²) in [7, 11) is 1.38. The molecule has 0 radical (unpaired) electrons. The molecule has 0 unspecified atom stereocenters. The fourth-order valence-electron chi connectivity index (χ4n) is 0.377. The number of ether oxygens (including phenoxy) is 2. The molecule has 66 valence electrons. The predicted octanol–water partition coefficient (Wildman–Crippen LogP) is 0.543. The van der Waals surface area contributed by atoms with E-state index in [-0.39, 0.29) is 0 Å². The normalized spacial score (nSPS) is 9.08. The minimum atomic E-state index is -0.879. The van der Waals surface area contributed by atoms with E-state index in [1.807, 2.05) is 5.32 Å². The van der Waals surface area contributed by atoms with Crippen molar-refractivity contribution in [2.24, 2.45) is 0 Å². The van der Waals surface area contributed by atoms with Gasteiger partial charge in [-0.3, -0.25) is 10.1 Å². The number of amides is 2. The van der Waals surface area contributed by atoms with E-state index in [0.29, 0.717) is 0 Å². The summed E-state index contributed by atoms with van der Waals surface area (Å²) in [6.07, 6.45) is 2.22. The molecule has 0 fully saturated rings. The van der Waals surface area contributed by atoms with Crippen molar-refractivity contribution >= 4 is 12.0 Å². The first kappa shape index (κ1) is 10.2. The number of nitrogens with one attached hydrogen (secondary N) is 1. The maximum Gasteiger partial charge on any atom is 0.418 e. The van der Waals surface area contributed by atoms with E-state index in [2.05, 4.69) is 16.1 Å². The third kappa shape index (κ3) is 5.04. The molecular formula is C7H9NO4. The smallest absolute Gasteiger partial charge is 0.418 e. The van der Waals surface area contributed by atoms with Gasteiger partial charge in [0, 0.05) is 6.08 Å². The summed E-state index contributed by atoms with van der Waals surface area (Å²) in [5, 5.41) is 1.88. The molecule has 0 atom stereocenters. The molecule has 2 amide bonds. The lowest BCUT2D eigenvalue weighted by Crippen LogP contribution is -2.28. The summed E-state index contributed by atoms with van der Waals surface area (Å²) >= 11 is 0. The Morgan fingerprint density at radius 2 is 2.17 bits per heavy atom. The van der Waals surface area contributed by atoms with Crippen molar-refractivity contribution in [2.75, 3.05) is 7.11 Å². The Morgan fingerprint density at radius 1 is 1.50 bits per heavy atom. The van der Waals surface area contributed by atoms with Gasteiger partial charge in [-0.2, -0.15) is 0 Å². The lowest BCUT2D eigenvalue weighted by Gasteiger charge is -1.96. The fourth-order valence-corrected chi connectivity index (χ4v) is 0.377. The Balaban J connectivity index is 3.76. The summed E-state index contributed by atoms with van der Waals surface area (Å²) < 4.78 is 8.65. The molecule has 0 rings (SSSR count). The number of hydrogen-bond acceptors (Lipinski definition) is 4. The molecule has 0 aliphatic heterocycles. The molecule has 1 N–H and O–H groups in total. The zero-order chi connectivity index (χ0) is 9.40. The van der Waals surface area contributed by atoms with Gasteiger partial charge >= 0.3 is 6.09 Å². The number of hydrogen-bond donors (Lipinski definition) is 1. The van der Waals surface area contributed by atoms with Crippen LogP contribution in [0, 0.1) is 0 Å². The average Bonchev–Trinajstić information content (AvgIpc) is 2.01. The Hall–Kier alpha value is -1.78. The highest BCUT2D eigenvalue weighted by Crippen LogP contribution is 1.79. The van der Waals surface area contributed by atoms with Gasteiger partial charge in [0.25, 0.3) is 5.91 Å². The first-order valence-electron chi connectivity index (χ1n) is 3.02. The van der Waals surface area contributed by atoms with Crippen molar-refractivity contribution in [3.05, 3.63) is 25.2 Å². The lowest BCUT2D eigenvalue weighted by atomic mass is 10.6. The van der Waals surface area contributed by atoms with Crippen molar-refractivity contribution in [1.29, 1.82) is 0 Å². The molecule has 5 nitrogen and oxygen atoms in total. The Morgan fingerprint density at radius 3 is 2.67 bits per heavy atom. The number of methoxy groups -OCH3 is 1. The zero-order valence-electron chi connectivity index (χ0n) is 6.57. The summed E-state index contributed by atoms with van der Waals surface area (Å²) in [6, 6.07) is 0. The summed E-state index contributed by atoms with van der Waals surface area (Å²) in [5.41, 5.74) is 0. The highest BCUT2D eigenvalue weighted by Gasteiger charge is 2.02. The van der Waals surface area contributed by atoms with Crippen LogP contribution in [-0.2, 0) is 14.3 Å². The number of alkyl carbamates (subject to hydrolysis) is 1. The minimum Gasteiger partial charge on any atom is -0.504 e. The van der Waals surface area contributed by atoms with E-state index in [1.54, 1.807) is 0 Å². The second-order valence-electron chi connectivity index (χ2n) is 1.60. The molecule has 0 saturated carbocycles. The van der Waals surface area contributed by atoms with Gasteiger partial charge in [-0.05, 0) is 0 Å². The van der Waals surface area contributed by atoms with E-state index in [0.717, 1.165) is 18.6 Å². The van der Waals surface area contributed by atoms with Crippen LogP contribution in [0.5, 0.6) is 0 Å². The van der Waals surface area contributed by atoms with Crippen LogP contribution < -0.4 is 5.32 Å². The molecule has 0 spiro atoms. The maximum absolute atomic E-state index is 10.7. The van der Waals surface area contributed by atoms with Gasteiger partial charge < -0.3 is 9.47 Å². The van der Waals surface area contributed by atoms with Gasteiger partial charge in [-0.15, -0.1) is 0 Å². The fraction of sp³-hybridized carbons (Fsp3) is 0.143. The van der Waals surface area contributed by atoms with Crippen molar-refractivity contribution in [3.8, 4) is 0 Å². The van der Waals surface area contributed by atoms with E-state index < -0.39 is 12.0 Å². The van der Waals surface area contributed by atoms with Crippen LogP contribution in [0.25, 0.3) is 0 Å². The third-order valence-corrected chi connectivity index (χ3v) is 0.771. The second-order valence-corrected chi connectivity index (χ2v) is 1.60. The molecule has 0 heterocycles. The SMILES string of the molecule is C=COC(=O)NC(=O)C=COC. The molecule has 0 aromatic rings. The van der Waals surface area contributed by atoms with Crippen molar-refractivity contribution in [3.63, 3.8) is 0 Å². The number of carbonyl (C=O) groups excluding carboxylic acids is 2. The molecule has 0 bridgehead atoms. The molecule has 0 aliphatic carbocycles. The first-order chi connectivity index (χ1) is 5.70. The van der Waals surface area contributed by atoms with Crippen LogP contribution in [-0.4, -0.2) is 19.1 Å². The summed E-state index contributed by atoms with van der Waals surface area (Å²) in [4.78, 5) is 21.2. The molecular weight excluding hydrogens is 162 g/mol. The molecule has 5 heteroatoms. The van der Waals surface area contributed by atoms with Gasteiger partial charge in [0.05, 0.1) is 19.6 Å². The molecule has 0 saturated heterocycles. The molecule has 0 aromatic carbocycles. The van der Waals surface area contributed by atoms with Gasteiger partial charge in [-0.1, -0.05) is 6.58 Å². The van der Waals surface area contributed by atoms with Crippen molar-refractivity contribution in [1.82, 2.24) is 5.32 Å². The standard InChI is InChI=1S/C7H9NO4/c1-3-12-7(10)8-6(9)4-5-11-2/h3-5H,1H2,2H3,(H,8,9,10). The third-order valence-electron chi connectivity index (χ3n) is 0.771. The van der Waals surface area contributed by atoms with Crippen LogP contribution in [0.3, 0.4) is 0 Å². The lowest BCUT2D eigenvalue weighted by molar-refractivity contribution is -0.115. The Bertz CT molecular complexity index is 209. The van der Waals surface area contributed by atoms with Crippen LogP contribution in [0.4, 0.5) is 4.79 Å². The van der Waals surface area contributed by atoms with Gasteiger partial charge in [0.2, 0.25) is 0 Å². The second kappa shape index (κ2) is 5.96. The van der Waals surface area contributed by atoms with Crippen molar-refractivity contribution < 1.29 is 19.1 Å². The molecule has 12 heavy (non-hydrogen) atoms. The van der Waals surface area contributed by atoms with E-state index in [9.17, 15) is 9.59 Å². The van der Waals surface area contributed by atoms with Crippen LogP contribution in [0.1, 0.15) is 0 Å². The summed E-state index contributed by atoms with van der Waals surface area (Å²) in [6.45, 7) is 3.13. The largest absolute Gasteiger partial charge is 0.504 e. The summed E-state index contributed by atoms with van der Waals surface area (Å²) in [5.74, 6) is -0.622. The maximum atomic E-state index is 10.7. The first-order valence-corrected chi connectivity index (χ1v) is 3.02. The van der Waals surface area contributed by atoms with Crippen LogP contribution in [0.15, 0.2) is 25.2 Å². The monoisotopic (exact) mass is 171 g/mol. The van der Waals surface area contributed by atoms with Gasteiger partial charge in [-0.25, -0.2) is 4.79 Å². The van der Waals surface area contributed by atoms with Gasteiger partial charge in [0.1, 0.15) is 0 Å². The van der Waals surface area contributed by atoms with Crippen LogP contribution in [0.2, 0.25) is 0 Å². The van der Waals surface area contributed by atoms with Crippen LogP contribution >= 0.6 is 0 Å². The Kier molecular flexibility index (Phi) is 5.08. The Labute approximate surface area is 69.6 Å². The zero-order valence-corrected chi connectivity index (χ0v) is 6.57. The number of carbonyl (C=O) groups is 2. The highest BCUT2D eigenvalue weighted by atomic mass is 16.5. The highest BCUT2D eigenvalue weighted by molar-refractivity contribution is 5.98. The van der Waals surface area contributed by atoms with E-state index >= 15 is 0 Å². The molecule has 0 aliphatic rings. The topological polar surface area (TPSA) is 64.6 Å². The predicted molar refractivity (Wildman–Crippen MR) is 41.0 cm³/mol. The minimum absolute atomic E-state index is 0.622. The number of rotatable bonds is 3. The van der Waals surface area contributed by atoms with E-state index in [4.69, 9.17) is 0 Å². The molecule has 0 aromatic heterocycles. The average molecular weight is 171 g/mol. The quantitative estimate of drug-likeness (QED) is 0.497. The number of imide groups is 1.